The molecule has 0 unspecified atom stereocenters. The van der Waals surface area contributed by atoms with Crippen molar-refractivity contribution in [1.82, 2.24) is 0 Å². The van der Waals surface area contributed by atoms with Gasteiger partial charge in [0.15, 0.2) is 0 Å². The Hall–Kier alpha value is -0.520. The van der Waals surface area contributed by atoms with E-state index in [0.717, 1.165) is 5.92 Å². The summed E-state index contributed by atoms with van der Waals surface area (Å²) in [5.74, 6) is 0.883. The number of hydrogen-bond donors (Lipinski definition) is 0. The van der Waals surface area contributed by atoms with Crippen LogP contribution < -0.4 is 0 Å². The van der Waals surface area contributed by atoms with Crippen LogP contribution >= 0.6 is 0 Å². The maximum Gasteiger partial charge on any atom is 0.00891 e. The Kier molecular flexibility index (Phi) is 2.34. The fraction of sp³-hybridized carbons (Fsp3) is 0.583. The average molecular weight is 161 g/mol. The lowest BCUT2D eigenvalue weighted by atomic mass is 9.82. The van der Waals surface area contributed by atoms with E-state index in [9.17, 15) is 0 Å². The monoisotopic (exact) mass is 161 g/mol. The van der Waals surface area contributed by atoms with E-state index in [4.69, 9.17) is 0 Å². The number of hydrogen-bond acceptors (Lipinski definition) is 0. The minimum absolute atomic E-state index is 0.883. The molecule has 0 amide bonds. The van der Waals surface area contributed by atoms with Gasteiger partial charge in [0.1, 0.15) is 0 Å². The molecule has 1 saturated carbocycles. The molecule has 65 valence electrons. The molecule has 0 spiro atoms. The Morgan fingerprint density at radius 2 is 1.92 bits per heavy atom. The van der Waals surface area contributed by atoms with Crippen molar-refractivity contribution in [2.45, 2.75) is 39.0 Å². The molecule has 0 heterocycles. The lowest BCUT2D eigenvalue weighted by Gasteiger charge is -2.23. The first-order valence-electron chi connectivity index (χ1n) is 5.10. The summed E-state index contributed by atoms with van der Waals surface area (Å²) in [5.41, 5.74) is 3.12. The normalized spacial score (nSPS) is 25.4. The molecule has 1 radical (unpaired) electrons. The zero-order valence-electron chi connectivity index (χ0n) is 7.84. The quantitative estimate of drug-likeness (QED) is 0.550. The smallest absolute Gasteiger partial charge is 0.00891 e. The topological polar surface area (TPSA) is 0 Å². The molecule has 1 fully saturated rings. The standard InChI is InChI=1S/C12H17/c1-10-6-5-9-12(10)11-7-3-2-4-8-11/h5-6,9,11H,2-4,7-8H2,1H3. The summed E-state index contributed by atoms with van der Waals surface area (Å²) in [4.78, 5) is 0. The first kappa shape index (κ1) is 8.10. The third-order valence-corrected chi connectivity index (χ3v) is 3.12. The SMILES string of the molecule is CC1=C(C2CCCCC2)[CH]C=C1. The molecule has 2 aliphatic rings. The predicted octanol–water partition coefficient (Wildman–Crippen LogP) is 3.66. The maximum absolute atomic E-state index is 2.31. The van der Waals surface area contributed by atoms with Crippen molar-refractivity contribution < 1.29 is 0 Å². The first-order chi connectivity index (χ1) is 5.88. The molecule has 0 aromatic heterocycles. The summed E-state index contributed by atoms with van der Waals surface area (Å²) in [7, 11) is 0. The van der Waals surface area contributed by atoms with Gasteiger partial charge >= 0.3 is 0 Å². The molecule has 0 aromatic carbocycles. The van der Waals surface area contributed by atoms with Crippen LogP contribution in [-0.4, -0.2) is 0 Å². The second-order valence-electron chi connectivity index (χ2n) is 4.00. The van der Waals surface area contributed by atoms with E-state index >= 15 is 0 Å². The van der Waals surface area contributed by atoms with Crippen molar-refractivity contribution in [3.8, 4) is 0 Å². The highest BCUT2D eigenvalue weighted by molar-refractivity contribution is 5.42. The largest absolute Gasteiger partial charge is 0.0761 e. The van der Waals surface area contributed by atoms with Crippen LogP contribution in [0, 0.1) is 12.3 Å². The molecular formula is C12H17. The molecule has 0 saturated heterocycles. The molecule has 0 nitrogen and oxygen atoms in total. The van der Waals surface area contributed by atoms with Crippen molar-refractivity contribution in [1.29, 1.82) is 0 Å². The Balaban J connectivity index is 2.04. The van der Waals surface area contributed by atoms with E-state index in [2.05, 4.69) is 25.5 Å². The molecule has 0 aliphatic heterocycles. The minimum atomic E-state index is 0.883. The first-order valence-corrected chi connectivity index (χ1v) is 5.10. The highest BCUT2D eigenvalue weighted by Gasteiger charge is 2.19. The third-order valence-electron chi connectivity index (χ3n) is 3.12. The third kappa shape index (κ3) is 1.48. The second-order valence-corrected chi connectivity index (χ2v) is 4.00. The minimum Gasteiger partial charge on any atom is -0.0761 e. The molecule has 12 heavy (non-hydrogen) atoms. The molecular weight excluding hydrogens is 144 g/mol. The van der Waals surface area contributed by atoms with Crippen molar-refractivity contribution >= 4 is 0 Å². The fourth-order valence-electron chi connectivity index (χ4n) is 2.40. The number of allylic oxidation sites excluding steroid dienone is 4. The second kappa shape index (κ2) is 3.47. The van der Waals surface area contributed by atoms with E-state index in [1.165, 1.54) is 37.7 Å². The van der Waals surface area contributed by atoms with Crippen LogP contribution in [0.15, 0.2) is 23.3 Å². The fourth-order valence-corrected chi connectivity index (χ4v) is 2.40. The molecule has 0 aromatic rings. The molecule has 0 heteroatoms. The van der Waals surface area contributed by atoms with Gasteiger partial charge < -0.3 is 0 Å². The van der Waals surface area contributed by atoms with Crippen molar-refractivity contribution in [3.63, 3.8) is 0 Å². The summed E-state index contributed by atoms with van der Waals surface area (Å²) >= 11 is 0. The van der Waals surface area contributed by atoms with Crippen molar-refractivity contribution in [2.24, 2.45) is 5.92 Å². The summed E-state index contributed by atoms with van der Waals surface area (Å²) in [6, 6.07) is 0. The van der Waals surface area contributed by atoms with E-state index in [0.29, 0.717) is 0 Å². The zero-order chi connectivity index (χ0) is 8.39. The lowest BCUT2D eigenvalue weighted by Crippen LogP contribution is -2.09. The summed E-state index contributed by atoms with van der Waals surface area (Å²) in [5, 5.41) is 0. The highest BCUT2D eigenvalue weighted by atomic mass is 14.2. The summed E-state index contributed by atoms with van der Waals surface area (Å²) < 4.78 is 0. The Morgan fingerprint density at radius 3 is 2.50 bits per heavy atom. The molecule has 0 atom stereocenters. The van der Waals surface area contributed by atoms with Gasteiger partial charge in [-0.3, -0.25) is 0 Å². The summed E-state index contributed by atoms with van der Waals surface area (Å²) in [6.45, 7) is 2.24. The van der Waals surface area contributed by atoms with Crippen LogP contribution in [0.25, 0.3) is 0 Å². The van der Waals surface area contributed by atoms with Crippen LogP contribution in [0.1, 0.15) is 39.0 Å². The Morgan fingerprint density at radius 1 is 1.17 bits per heavy atom. The van der Waals surface area contributed by atoms with Crippen LogP contribution in [-0.2, 0) is 0 Å². The van der Waals surface area contributed by atoms with E-state index in [1.807, 2.05) is 0 Å². The van der Waals surface area contributed by atoms with Gasteiger partial charge in [-0.25, -0.2) is 0 Å². The van der Waals surface area contributed by atoms with Crippen molar-refractivity contribution in [3.05, 3.63) is 29.7 Å². The van der Waals surface area contributed by atoms with Gasteiger partial charge in [-0.05, 0) is 25.7 Å². The van der Waals surface area contributed by atoms with Gasteiger partial charge in [0.2, 0.25) is 0 Å². The van der Waals surface area contributed by atoms with Crippen LogP contribution in [0.4, 0.5) is 0 Å². The summed E-state index contributed by atoms with van der Waals surface area (Å²) in [6.07, 6.45) is 13.9. The van der Waals surface area contributed by atoms with E-state index < -0.39 is 0 Å². The van der Waals surface area contributed by atoms with Crippen LogP contribution in [0.5, 0.6) is 0 Å². The number of rotatable bonds is 1. The van der Waals surface area contributed by atoms with Gasteiger partial charge in [0, 0.05) is 6.42 Å². The van der Waals surface area contributed by atoms with Crippen LogP contribution in [0.3, 0.4) is 0 Å². The highest BCUT2D eigenvalue weighted by Crippen LogP contribution is 2.35. The zero-order valence-corrected chi connectivity index (χ0v) is 7.84. The Labute approximate surface area is 75.4 Å². The Bertz CT molecular complexity index is 214. The molecule has 0 bridgehead atoms. The van der Waals surface area contributed by atoms with Gasteiger partial charge in [-0.1, -0.05) is 42.6 Å². The van der Waals surface area contributed by atoms with Crippen molar-refractivity contribution in [2.75, 3.05) is 0 Å². The lowest BCUT2D eigenvalue weighted by molar-refractivity contribution is 0.405. The van der Waals surface area contributed by atoms with E-state index in [1.54, 1.807) is 5.57 Å². The molecule has 0 N–H and O–H groups in total. The van der Waals surface area contributed by atoms with Gasteiger partial charge in [-0.15, -0.1) is 0 Å². The molecule has 2 aliphatic carbocycles. The predicted molar refractivity (Wildman–Crippen MR) is 52.7 cm³/mol. The average Bonchev–Trinajstić information content (AvgIpc) is 2.53. The van der Waals surface area contributed by atoms with Gasteiger partial charge in [0.05, 0.1) is 0 Å². The molecule has 2 rings (SSSR count). The van der Waals surface area contributed by atoms with E-state index in [-0.39, 0.29) is 0 Å². The van der Waals surface area contributed by atoms with Crippen LogP contribution in [0.2, 0.25) is 0 Å². The van der Waals surface area contributed by atoms with Gasteiger partial charge in [0.25, 0.3) is 0 Å². The maximum atomic E-state index is 2.31. The van der Waals surface area contributed by atoms with Gasteiger partial charge in [-0.2, -0.15) is 0 Å².